The van der Waals surface area contributed by atoms with E-state index in [2.05, 4.69) is 65.2 Å². The number of nitrogens with one attached hydrogen (secondary N) is 1. The number of tetrazole rings is 1. The van der Waals surface area contributed by atoms with Crippen molar-refractivity contribution in [3.63, 3.8) is 0 Å². The minimum atomic E-state index is -0.345. The highest BCUT2D eigenvalue weighted by Gasteiger charge is 2.34. The van der Waals surface area contributed by atoms with Crippen LogP contribution in [0.1, 0.15) is 49.3 Å². The van der Waals surface area contributed by atoms with Gasteiger partial charge in [-0.15, -0.1) is 5.10 Å². The van der Waals surface area contributed by atoms with Crippen LogP contribution in [0.15, 0.2) is 23.0 Å². The molecule has 0 saturated carbocycles. The third-order valence-electron chi connectivity index (χ3n) is 5.40. The fourth-order valence-corrected chi connectivity index (χ4v) is 4.08. The highest BCUT2D eigenvalue weighted by molar-refractivity contribution is 5.83. The number of fused-ring (bicyclic) bond motifs is 1. The maximum Gasteiger partial charge on any atom is 0.253 e. The molecule has 2 aromatic heterocycles. The van der Waals surface area contributed by atoms with E-state index in [0.717, 1.165) is 22.0 Å². The Hall–Kier alpha value is -2.58. The molecule has 1 aliphatic heterocycles. The maximum absolute atomic E-state index is 13.2. The van der Waals surface area contributed by atoms with Crippen molar-refractivity contribution in [3.8, 4) is 0 Å². The summed E-state index contributed by atoms with van der Waals surface area (Å²) in [7, 11) is 0. The van der Waals surface area contributed by atoms with Gasteiger partial charge in [0.1, 0.15) is 6.04 Å². The van der Waals surface area contributed by atoms with E-state index in [4.69, 9.17) is 4.74 Å². The maximum atomic E-state index is 13.2. The van der Waals surface area contributed by atoms with Crippen LogP contribution in [0, 0.1) is 13.8 Å². The number of rotatable bonds is 3. The monoisotopic (exact) mass is 396 g/mol. The van der Waals surface area contributed by atoms with Crippen LogP contribution in [-0.4, -0.2) is 56.4 Å². The van der Waals surface area contributed by atoms with Crippen molar-refractivity contribution in [2.24, 2.45) is 0 Å². The zero-order valence-corrected chi connectivity index (χ0v) is 17.7. The Labute approximate surface area is 169 Å². The predicted molar refractivity (Wildman–Crippen MR) is 111 cm³/mol. The molecule has 0 amide bonds. The van der Waals surface area contributed by atoms with Crippen molar-refractivity contribution in [2.45, 2.75) is 46.2 Å². The Balaban J connectivity index is 1.94. The summed E-state index contributed by atoms with van der Waals surface area (Å²) in [6, 6.07) is 5.83. The molecule has 0 bridgehead atoms. The van der Waals surface area contributed by atoms with Crippen molar-refractivity contribution in [3.05, 3.63) is 51.1 Å². The Bertz CT molecular complexity index is 1090. The van der Waals surface area contributed by atoms with Crippen molar-refractivity contribution in [1.82, 2.24) is 30.1 Å². The number of pyridine rings is 1. The second-order valence-electron chi connectivity index (χ2n) is 8.77. The normalized spacial score (nSPS) is 17.0. The van der Waals surface area contributed by atoms with E-state index in [9.17, 15) is 4.79 Å². The lowest BCUT2D eigenvalue weighted by Gasteiger charge is -2.34. The van der Waals surface area contributed by atoms with Crippen LogP contribution in [0.5, 0.6) is 0 Å². The number of morpholine rings is 1. The molecule has 1 aliphatic rings. The van der Waals surface area contributed by atoms with E-state index < -0.39 is 0 Å². The minimum absolute atomic E-state index is 0.107. The lowest BCUT2D eigenvalue weighted by molar-refractivity contribution is 0.0206. The molecule has 154 valence electrons. The number of benzene rings is 1. The molecule has 0 spiro atoms. The van der Waals surface area contributed by atoms with E-state index in [1.807, 2.05) is 17.7 Å². The number of aromatic nitrogens is 5. The van der Waals surface area contributed by atoms with Gasteiger partial charge in [-0.05, 0) is 68.1 Å². The van der Waals surface area contributed by atoms with Gasteiger partial charge in [0.15, 0.2) is 5.82 Å². The lowest BCUT2D eigenvalue weighted by Crippen LogP contribution is -2.43. The molecular weight excluding hydrogens is 368 g/mol. The molecule has 1 atom stereocenters. The van der Waals surface area contributed by atoms with E-state index in [-0.39, 0.29) is 17.1 Å². The molecule has 1 aromatic carbocycles. The van der Waals surface area contributed by atoms with Crippen molar-refractivity contribution >= 4 is 10.9 Å². The molecule has 1 saturated heterocycles. The first-order valence-corrected chi connectivity index (χ1v) is 10.0. The zero-order valence-electron chi connectivity index (χ0n) is 17.7. The number of aryl methyl sites for hydroxylation is 2. The third-order valence-corrected chi connectivity index (χ3v) is 5.40. The fraction of sp³-hybridized carbons (Fsp3) is 0.524. The van der Waals surface area contributed by atoms with Crippen LogP contribution < -0.4 is 5.56 Å². The molecule has 0 aliphatic carbocycles. The molecule has 1 N–H and O–H groups in total. The van der Waals surface area contributed by atoms with Crippen molar-refractivity contribution in [1.29, 1.82) is 0 Å². The predicted octanol–water partition coefficient (Wildman–Crippen LogP) is 2.31. The van der Waals surface area contributed by atoms with Crippen LogP contribution in [0.2, 0.25) is 0 Å². The summed E-state index contributed by atoms with van der Waals surface area (Å²) >= 11 is 0. The molecule has 4 rings (SSSR count). The largest absolute Gasteiger partial charge is 0.379 e. The van der Waals surface area contributed by atoms with Gasteiger partial charge in [-0.1, -0.05) is 11.6 Å². The summed E-state index contributed by atoms with van der Waals surface area (Å²) in [5.41, 5.74) is 3.34. The standard InChI is InChI=1S/C21H28N6O2/c1-13-10-14(2)17-15(11-13)12-16(20(28)22-17)18(26-6-8-29-9-7-26)19-23-24-25-27(19)21(3,4)5/h10-12,18H,6-9H2,1-5H3,(H,22,28). The summed E-state index contributed by atoms with van der Waals surface area (Å²) in [5, 5.41) is 13.6. The Morgan fingerprint density at radius 2 is 1.86 bits per heavy atom. The smallest absolute Gasteiger partial charge is 0.253 e. The summed E-state index contributed by atoms with van der Waals surface area (Å²) in [6.07, 6.45) is 0. The Morgan fingerprint density at radius 3 is 2.55 bits per heavy atom. The van der Waals surface area contributed by atoms with Crippen LogP contribution in [0.25, 0.3) is 10.9 Å². The van der Waals surface area contributed by atoms with Crippen LogP contribution >= 0.6 is 0 Å². The quantitative estimate of drug-likeness (QED) is 0.731. The molecule has 29 heavy (non-hydrogen) atoms. The van der Waals surface area contributed by atoms with E-state index in [1.54, 1.807) is 0 Å². The Morgan fingerprint density at radius 1 is 1.14 bits per heavy atom. The molecule has 1 unspecified atom stereocenters. The third kappa shape index (κ3) is 3.70. The lowest BCUT2D eigenvalue weighted by atomic mass is 9.99. The van der Waals surface area contributed by atoms with E-state index in [1.165, 1.54) is 0 Å². The number of nitrogens with zero attached hydrogens (tertiary/aromatic N) is 5. The number of H-pyrrole nitrogens is 1. The van der Waals surface area contributed by atoms with Gasteiger partial charge >= 0.3 is 0 Å². The van der Waals surface area contributed by atoms with Gasteiger partial charge in [0, 0.05) is 18.7 Å². The van der Waals surface area contributed by atoms with Crippen molar-refractivity contribution < 1.29 is 4.74 Å². The summed E-state index contributed by atoms with van der Waals surface area (Å²) in [6.45, 7) is 12.9. The molecular formula is C21H28N6O2. The fourth-order valence-electron chi connectivity index (χ4n) is 4.08. The van der Waals surface area contributed by atoms with Crippen LogP contribution in [0.3, 0.4) is 0 Å². The first-order valence-electron chi connectivity index (χ1n) is 10.0. The van der Waals surface area contributed by atoms with E-state index >= 15 is 0 Å². The summed E-state index contributed by atoms with van der Waals surface area (Å²) in [4.78, 5) is 18.6. The molecule has 3 heterocycles. The number of ether oxygens (including phenoxy) is 1. The number of aromatic amines is 1. The highest BCUT2D eigenvalue weighted by Crippen LogP contribution is 2.30. The molecule has 0 radical (unpaired) electrons. The van der Waals surface area contributed by atoms with E-state index in [0.29, 0.717) is 37.7 Å². The zero-order chi connectivity index (χ0) is 20.8. The molecule has 3 aromatic rings. The minimum Gasteiger partial charge on any atom is -0.379 e. The second kappa shape index (κ2) is 7.35. The summed E-state index contributed by atoms with van der Waals surface area (Å²) < 4.78 is 7.36. The van der Waals surface area contributed by atoms with Gasteiger partial charge in [-0.25, -0.2) is 4.68 Å². The first kappa shape index (κ1) is 19.7. The van der Waals surface area contributed by atoms with Crippen molar-refractivity contribution in [2.75, 3.05) is 26.3 Å². The molecule has 8 nitrogen and oxygen atoms in total. The van der Waals surface area contributed by atoms with Gasteiger partial charge in [0.25, 0.3) is 5.56 Å². The van der Waals surface area contributed by atoms with Crippen LogP contribution in [-0.2, 0) is 10.3 Å². The second-order valence-corrected chi connectivity index (χ2v) is 8.77. The number of hydrogen-bond acceptors (Lipinski definition) is 6. The highest BCUT2D eigenvalue weighted by atomic mass is 16.5. The van der Waals surface area contributed by atoms with Gasteiger partial charge in [-0.2, -0.15) is 0 Å². The average Bonchev–Trinajstić information content (AvgIpc) is 3.14. The van der Waals surface area contributed by atoms with Gasteiger partial charge in [-0.3, -0.25) is 9.69 Å². The topological polar surface area (TPSA) is 88.9 Å². The Kier molecular flexibility index (Phi) is 5.00. The molecule has 8 heteroatoms. The SMILES string of the molecule is Cc1cc(C)c2[nH]c(=O)c(C(c3nnnn3C(C)(C)C)N3CCOCC3)cc2c1. The molecule has 1 fully saturated rings. The first-order chi connectivity index (χ1) is 13.8. The van der Waals surface area contributed by atoms with Crippen LogP contribution in [0.4, 0.5) is 0 Å². The average molecular weight is 396 g/mol. The van der Waals surface area contributed by atoms with Gasteiger partial charge in [0.05, 0.1) is 24.3 Å². The summed E-state index contributed by atoms with van der Waals surface area (Å²) in [5.74, 6) is 0.675. The van der Waals surface area contributed by atoms with Gasteiger partial charge < -0.3 is 9.72 Å². The number of hydrogen-bond donors (Lipinski definition) is 1. The van der Waals surface area contributed by atoms with Gasteiger partial charge in [0.2, 0.25) is 0 Å².